The second-order valence-electron chi connectivity index (χ2n) is 10.3. The predicted molar refractivity (Wildman–Crippen MR) is 147 cm³/mol. The summed E-state index contributed by atoms with van der Waals surface area (Å²) in [6, 6.07) is 14.4. The first-order valence-corrected chi connectivity index (χ1v) is 13.6. The van der Waals surface area contributed by atoms with Gasteiger partial charge in [0.15, 0.2) is 11.6 Å². The molecule has 6 heteroatoms. The molecule has 6 nitrogen and oxygen atoms in total. The van der Waals surface area contributed by atoms with Crippen LogP contribution in [0.5, 0.6) is 0 Å². The molecule has 2 aromatic carbocycles. The lowest BCUT2D eigenvalue weighted by Crippen LogP contribution is -2.26. The third-order valence-electron chi connectivity index (χ3n) is 8.08. The normalized spacial score (nSPS) is 17.3. The highest BCUT2D eigenvalue weighted by Gasteiger charge is 2.36. The summed E-state index contributed by atoms with van der Waals surface area (Å²) in [6.07, 6.45) is 9.09. The van der Waals surface area contributed by atoms with Crippen LogP contribution in [-0.4, -0.2) is 30.4 Å². The first-order chi connectivity index (χ1) is 17.9. The van der Waals surface area contributed by atoms with Crippen molar-refractivity contribution in [1.29, 1.82) is 0 Å². The molecule has 2 atom stereocenters. The third kappa shape index (κ3) is 4.48. The summed E-state index contributed by atoms with van der Waals surface area (Å²) in [4.78, 5) is 26.7. The molecule has 0 bridgehead atoms. The van der Waals surface area contributed by atoms with Crippen molar-refractivity contribution in [3.63, 3.8) is 0 Å². The van der Waals surface area contributed by atoms with E-state index in [1.54, 1.807) is 19.3 Å². The van der Waals surface area contributed by atoms with Gasteiger partial charge in [0.25, 0.3) is 0 Å². The van der Waals surface area contributed by atoms with Crippen molar-refractivity contribution in [2.75, 3.05) is 0 Å². The van der Waals surface area contributed by atoms with E-state index in [9.17, 15) is 9.90 Å². The van der Waals surface area contributed by atoms with Crippen LogP contribution in [0.15, 0.2) is 54.9 Å². The quantitative estimate of drug-likeness (QED) is 0.253. The van der Waals surface area contributed by atoms with Crippen molar-refractivity contribution < 1.29 is 9.90 Å². The molecule has 0 fully saturated rings. The number of fused-ring (bicyclic) bond motifs is 3. The number of imidazole rings is 1. The lowest BCUT2D eigenvalue weighted by Gasteiger charge is -2.23. The first kappa shape index (κ1) is 25.3. The minimum atomic E-state index is -1.00. The van der Waals surface area contributed by atoms with Crippen LogP contribution < -0.4 is 0 Å². The van der Waals surface area contributed by atoms with E-state index in [1.807, 2.05) is 32.0 Å². The number of carbonyl (C=O) groups excluding carboxylic acids is 1. The number of aliphatic hydroxyl groups is 1. The van der Waals surface area contributed by atoms with Gasteiger partial charge in [0.05, 0.1) is 17.1 Å². The van der Waals surface area contributed by atoms with E-state index < -0.39 is 5.60 Å². The highest BCUT2D eigenvalue weighted by molar-refractivity contribution is 5.96. The van der Waals surface area contributed by atoms with Gasteiger partial charge in [-0.25, -0.2) is 15.0 Å². The maximum atomic E-state index is 12.5. The molecule has 192 valence electrons. The van der Waals surface area contributed by atoms with Crippen LogP contribution in [0.25, 0.3) is 22.2 Å². The van der Waals surface area contributed by atoms with E-state index in [0.29, 0.717) is 24.6 Å². The largest absolute Gasteiger partial charge is 0.382 e. The maximum Gasteiger partial charge on any atom is 0.160 e. The second kappa shape index (κ2) is 10.2. The summed E-state index contributed by atoms with van der Waals surface area (Å²) in [5, 5.41) is 10.8. The zero-order chi connectivity index (χ0) is 26.2. The van der Waals surface area contributed by atoms with Crippen LogP contribution in [0, 0.1) is 0 Å². The Bertz CT molecular complexity index is 1420. The van der Waals surface area contributed by atoms with Gasteiger partial charge in [0.1, 0.15) is 11.4 Å². The number of aromatic nitrogens is 4. The van der Waals surface area contributed by atoms with E-state index in [0.717, 1.165) is 64.8 Å². The van der Waals surface area contributed by atoms with Crippen molar-refractivity contribution in [1.82, 2.24) is 19.5 Å². The molecule has 5 rings (SSSR count). The molecule has 0 radical (unpaired) electrons. The van der Waals surface area contributed by atoms with Gasteiger partial charge in [-0.3, -0.25) is 4.79 Å². The zero-order valence-corrected chi connectivity index (χ0v) is 22.2. The fourth-order valence-corrected chi connectivity index (χ4v) is 5.74. The summed E-state index contributed by atoms with van der Waals surface area (Å²) in [5.74, 6) is 2.04. The Morgan fingerprint density at radius 1 is 1.05 bits per heavy atom. The molecule has 37 heavy (non-hydrogen) atoms. The predicted octanol–water partition coefficient (Wildman–Crippen LogP) is 6.97. The highest BCUT2D eigenvalue weighted by atomic mass is 16.3. The van der Waals surface area contributed by atoms with Crippen LogP contribution in [0.3, 0.4) is 0 Å². The zero-order valence-electron chi connectivity index (χ0n) is 22.2. The van der Waals surface area contributed by atoms with Crippen LogP contribution in [0.1, 0.15) is 106 Å². The van der Waals surface area contributed by atoms with Crippen molar-refractivity contribution in [3.8, 4) is 11.1 Å². The van der Waals surface area contributed by atoms with Gasteiger partial charge in [-0.1, -0.05) is 63.9 Å². The molecule has 0 saturated carbocycles. The number of unbranched alkanes of at least 4 members (excludes halogenated alkanes) is 1. The van der Waals surface area contributed by atoms with E-state index >= 15 is 0 Å². The minimum absolute atomic E-state index is 0.0694. The monoisotopic (exact) mass is 496 g/mol. The Morgan fingerprint density at radius 3 is 2.46 bits per heavy atom. The Kier molecular flexibility index (Phi) is 6.95. The Balaban J connectivity index is 1.61. The van der Waals surface area contributed by atoms with Crippen molar-refractivity contribution >= 4 is 16.8 Å². The molecule has 0 spiro atoms. The lowest BCUT2D eigenvalue weighted by atomic mass is 9.91. The first-order valence-electron chi connectivity index (χ1n) is 13.6. The van der Waals surface area contributed by atoms with Gasteiger partial charge < -0.3 is 9.67 Å². The SMILES string of the molecule is CCCC[C@@H]1C[C@H](c2ccccc2C(C)=O)n2c1nc1ccc(-c3cnc(C(O)(CC)CC)nc3)cc12. The van der Waals surface area contributed by atoms with Gasteiger partial charge in [-0.2, -0.15) is 0 Å². The Hall–Kier alpha value is -3.38. The van der Waals surface area contributed by atoms with Crippen LogP contribution >= 0.6 is 0 Å². The number of hydrogen-bond donors (Lipinski definition) is 1. The average Bonchev–Trinajstić information content (AvgIpc) is 3.48. The molecule has 2 aromatic heterocycles. The standard InChI is InChI=1S/C31H36N4O2/c1-5-8-11-22-17-27(25-13-10-9-12-24(25)20(4)36)35-28-16-21(14-15-26(28)34-29(22)35)23-18-32-30(33-19-23)31(37,6-2)7-3/h9-10,12-16,18-19,22,27,37H,5-8,11,17H2,1-4H3/t22-,27-/m1/s1. The maximum absolute atomic E-state index is 12.5. The molecule has 1 aliphatic heterocycles. The number of carbonyl (C=O) groups is 1. The van der Waals surface area contributed by atoms with Gasteiger partial charge in [-0.15, -0.1) is 0 Å². The van der Waals surface area contributed by atoms with Crippen molar-refractivity contribution in [2.45, 2.75) is 83.8 Å². The molecular weight excluding hydrogens is 460 g/mol. The second-order valence-corrected chi connectivity index (χ2v) is 10.3. The summed E-state index contributed by atoms with van der Waals surface area (Å²) in [5.41, 5.74) is 4.80. The number of nitrogens with zero attached hydrogens (tertiary/aromatic N) is 4. The summed E-state index contributed by atoms with van der Waals surface area (Å²) in [7, 11) is 0. The molecule has 1 N–H and O–H groups in total. The number of ketones is 1. The van der Waals surface area contributed by atoms with Gasteiger partial charge in [0.2, 0.25) is 0 Å². The Morgan fingerprint density at radius 2 is 1.78 bits per heavy atom. The fraction of sp³-hybridized carbons (Fsp3) is 0.419. The number of Topliss-reactive ketones (excluding diaryl/α,β-unsaturated/α-hetero) is 1. The molecule has 1 aliphatic rings. The number of hydrogen-bond acceptors (Lipinski definition) is 5. The highest BCUT2D eigenvalue weighted by Crippen LogP contribution is 2.45. The smallest absolute Gasteiger partial charge is 0.160 e. The van der Waals surface area contributed by atoms with Crippen LogP contribution in [-0.2, 0) is 5.60 Å². The summed E-state index contributed by atoms with van der Waals surface area (Å²) in [6.45, 7) is 7.77. The Labute approximate surface area is 218 Å². The molecule has 0 unspecified atom stereocenters. The molecule has 4 aromatic rings. The summed E-state index contributed by atoms with van der Waals surface area (Å²) >= 11 is 0. The van der Waals surface area contributed by atoms with Crippen LogP contribution in [0.2, 0.25) is 0 Å². The molecule has 0 amide bonds. The van der Waals surface area contributed by atoms with E-state index in [-0.39, 0.29) is 11.8 Å². The molecule has 3 heterocycles. The van der Waals surface area contributed by atoms with Gasteiger partial charge >= 0.3 is 0 Å². The molecule has 0 saturated heterocycles. The topological polar surface area (TPSA) is 80.9 Å². The average molecular weight is 497 g/mol. The van der Waals surface area contributed by atoms with Gasteiger partial charge in [-0.05, 0) is 55.9 Å². The van der Waals surface area contributed by atoms with Gasteiger partial charge in [0, 0.05) is 29.4 Å². The fourth-order valence-electron chi connectivity index (χ4n) is 5.74. The molecular formula is C31H36N4O2. The van der Waals surface area contributed by atoms with Crippen molar-refractivity contribution in [2.24, 2.45) is 0 Å². The third-order valence-corrected chi connectivity index (χ3v) is 8.08. The minimum Gasteiger partial charge on any atom is -0.382 e. The van der Waals surface area contributed by atoms with E-state index in [1.165, 1.54) is 0 Å². The summed E-state index contributed by atoms with van der Waals surface area (Å²) < 4.78 is 2.36. The number of rotatable bonds is 9. The van der Waals surface area contributed by atoms with Crippen molar-refractivity contribution in [3.05, 3.63) is 77.6 Å². The molecule has 0 aliphatic carbocycles. The lowest BCUT2D eigenvalue weighted by molar-refractivity contribution is 0.0193. The van der Waals surface area contributed by atoms with E-state index in [4.69, 9.17) is 4.98 Å². The van der Waals surface area contributed by atoms with E-state index in [2.05, 4.69) is 45.7 Å². The number of benzene rings is 2. The van der Waals surface area contributed by atoms with Crippen LogP contribution in [0.4, 0.5) is 0 Å².